The summed E-state index contributed by atoms with van der Waals surface area (Å²) in [5, 5.41) is 6.04. The Morgan fingerprint density at radius 3 is 2.22 bits per heavy atom. The SMILES string of the molecule is Cc1ccccc1C(=O)NC1CCN(C(=O)C(NC(=O)CC(C)C)c2ccccc2)CC1. The standard InChI is InChI=1S/C26H33N3O3/c1-18(2)17-23(30)28-24(20-10-5-4-6-11-20)26(32)29-15-13-21(14-16-29)27-25(31)22-12-8-7-9-19(22)3/h4-12,18,21,24H,13-17H2,1-3H3,(H,27,31)(H,28,30). The number of carbonyl (C=O) groups is 3. The van der Waals surface area contributed by atoms with E-state index in [1.54, 1.807) is 4.90 Å². The van der Waals surface area contributed by atoms with Crippen LogP contribution in [0.5, 0.6) is 0 Å². The predicted molar refractivity (Wildman–Crippen MR) is 125 cm³/mol. The van der Waals surface area contributed by atoms with Crippen molar-refractivity contribution in [1.82, 2.24) is 15.5 Å². The van der Waals surface area contributed by atoms with E-state index in [2.05, 4.69) is 10.6 Å². The van der Waals surface area contributed by atoms with Gasteiger partial charge in [0.05, 0.1) is 0 Å². The molecule has 6 heteroatoms. The van der Waals surface area contributed by atoms with Gasteiger partial charge in [-0.2, -0.15) is 0 Å². The van der Waals surface area contributed by atoms with Crippen molar-refractivity contribution in [2.45, 2.75) is 52.1 Å². The fourth-order valence-corrected chi connectivity index (χ4v) is 4.04. The van der Waals surface area contributed by atoms with E-state index < -0.39 is 6.04 Å². The summed E-state index contributed by atoms with van der Waals surface area (Å²) in [6.07, 6.45) is 1.75. The largest absolute Gasteiger partial charge is 0.349 e. The van der Waals surface area contributed by atoms with Crippen molar-refractivity contribution in [3.63, 3.8) is 0 Å². The molecule has 0 aromatic heterocycles. The van der Waals surface area contributed by atoms with Gasteiger partial charge in [-0.05, 0) is 42.9 Å². The number of aryl methyl sites for hydroxylation is 1. The van der Waals surface area contributed by atoms with Gasteiger partial charge in [-0.25, -0.2) is 0 Å². The molecule has 0 aliphatic carbocycles. The van der Waals surface area contributed by atoms with Crippen LogP contribution in [-0.4, -0.2) is 41.8 Å². The highest BCUT2D eigenvalue weighted by Gasteiger charge is 2.31. The summed E-state index contributed by atoms with van der Waals surface area (Å²) in [5.74, 6) is -0.0790. The lowest BCUT2D eigenvalue weighted by Gasteiger charge is -2.35. The number of hydrogen-bond donors (Lipinski definition) is 2. The topological polar surface area (TPSA) is 78.5 Å². The Hall–Kier alpha value is -3.15. The van der Waals surface area contributed by atoms with E-state index in [9.17, 15) is 14.4 Å². The molecule has 2 aromatic rings. The summed E-state index contributed by atoms with van der Waals surface area (Å²) in [4.78, 5) is 40.2. The van der Waals surface area contributed by atoms with Crippen molar-refractivity contribution in [3.05, 3.63) is 71.3 Å². The number of nitrogens with zero attached hydrogens (tertiary/aromatic N) is 1. The van der Waals surface area contributed by atoms with E-state index in [0.29, 0.717) is 37.9 Å². The summed E-state index contributed by atoms with van der Waals surface area (Å²) >= 11 is 0. The van der Waals surface area contributed by atoms with E-state index >= 15 is 0 Å². The fraction of sp³-hybridized carbons (Fsp3) is 0.423. The van der Waals surface area contributed by atoms with Crippen molar-refractivity contribution in [1.29, 1.82) is 0 Å². The summed E-state index contributed by atoms with van der Waals surface area (Å²) in [6, 6.07) is 16.2. The van der Waals surface area contributed by atoms with E-state index in [4.69, 9.17) is 0 Å². The molecule has 1 atom stereocenters. The summed E-state index contributed by atoms with van der Waals surface area (Å²) in [6.45, 7) is 6.97. The van der Waals surface area contributed by atoms with E-state index in [0.717, 1.165) is 11.1 Å². The maximum Gasteiger partial charge on any atom is 0.251 e. The zero-order valence-electron chi connectivity index (χ0n) is 19.1. The van der Waals surface area contributed by atoms with Gasteiger partial charge < -0.3 is 15.5 Å². The van der Waals surface area contributed by atoms with Crippen LogP contribution in [0.1, 0.15) is 60.6 Å². The zero-order chi connectivity index (χ0) is 23.1. The van der Waals surface area contributed by atoms with Gasteiger partial charge in [-0.3, -0.25) is 14.4 Å². The van der Waals surface area contributed by atoms with Gasteiger partial charge in [0.2, 0.25) is 11.8 Å². The molecular weight excluding hydrogens is 402 g/mol. The molecule has 32 heavy (non-hydrogen) atoms. The first-order chi connectivity index (χ1) is 15.3. The Kier molecular flexibility index (Phi) is 8.03. The van der Waals surface area contributed by atoms with Crippen molar-refractivity contribution in [3.8, 4) is 0 Å². The Labute approximate surface area is 190 Å². The highest BCUT2D eigenvalue weighted by molar-refractivity contribution is 5.95. The number of benzene rings is 2. The van der Waals surface area contributed by atoms with Crippen molar-refractivity contribution >= 4 is 17.7 Å². The molecule has 0 radical (unpaired) electrons. The Bertz CT molecular complexity index is 934. The van der Waals surface area contributed by atoms with Crippen LogP contribution in [0.25, 0.3) is 0 Å². The minimum Gasteiger partial charge on any atom is -0.349 e. The molecular formula is C26H33N3O3. The lowest BCUT2D eigenvalue weighted by molar-refractivity contribution is -0.137. The number of nitrogens with one attached hydrogen (secondary N) is 2. The van der Waals surface area contributed by atoms with Crippen LogP contribution in [-0.2, 0) is 9.59 Å². The highest BCUT2D eigenvalue weighted by atomic mass is 16.2. The Morgan fingerprint density at radius 1 is 0.969 bits per heavy atom. The van der Waals surface area contributed by atoms with Gasteiger partial charge in [0, 0.05) is 31.1 Å². The number of likely N-dealkylation sites (tertiary alicyclic amines) is 1. The van der Waals surface area contributed by atoms with Crippen LogP contribution >= 0.6 is 0 Å². The molecule has 0 saturated carbocycles. The first-order valence-corrected chi connectivity index (χ1v) is 11.3. The molecule has 0 spiro atoms. The Balaban J connectivity index is 1.62. The number of rotatable bonds is 7. The van der Waals surface area contributed by atoms with E-state index in [-0.39, 0.29) is 29.7 Å². The second-order valence-corrected chi connectivity index (χ2v) is 8.90. The molecule has 6 nitrogen and oxygen atoms in total. The van der Waals surface area contributed by atoms with Gasteiger partial charge in [0.1, 0.15) is 6.04 Å². The third kappa shape index (κ3) is 6.19. The third-order valence-corrected chi connectivity index (χ3v) is 5.81. The quantitative estimate of drug-likeness (QED) is 0.697. The number of hydrogen-bond acceptors (Lipinski definition) is 3. The molecule has 1 saturated heterocycles. The average Bonchev–Trinajstić information content (AvgIpc) is 2.78. The van der Waals surface area contributed by atoms with Crippen LogP contribution in [0, 0.1) is 12.8 Å². The molecule has 1 fully saturated rings. The highest BCUT2D eigenvalue weighted by Crippen LogP contribution is 2.20. The predicted octanol–water partition coefficient (Wildman–Crippen LogP) is 3.62. The summed E-state index contributed by atoms with van der Waals surface area (Å²) < 4.78 is 0. The second kappa shape index (κ2) is 10.9. The Morgan fingerprint density at radius 2 is 1.59 bits per heavy atom. The van der Waals surface area contributed by atoms with Gasteiger partial charge >= 0.3 is 0 Å². The van der Waals surface area contributed by atoms with E-state index in [1.807, 2.05) is 75.4 Å². The molecule has 3 rings (SSSR count). The van der Waals surface area contributed by atoms with Crippen LogP contribution in [0.4, 0.5) is 0 Å². The number of carbonyl (C=O) groups excluding carboxylic acids is 3. The average molecular weight is 436 g/mol. The summed E-state index contributed by atoms with van der Waals surface area (Å²) in [5.41, 5.74) is 2.41. The van der Waals surface area contributed by atoms with Crippen molar-refractivity contribution in [2.24, 2.45) is 5.92 Å². The lowest BCUT2D eigenvalue weighted by Crippen LogP contribution is -2.50. The van der Waals surface area contributed by atoms with E-state index in [1.165, 1.54) is 0 Å². The zero-order valence-corrected chi connectivity index (χ0v) is 19.1. The van der Waals surface area contributed by atoms with Gasteiger partial charge in [0.15, 0.2) is 0 Å². The summed E-state index contributed by atoms with van der Waals surface area (Å²) in [7, 11) is 0. The maximum absolute atomic E-state index is 13.3. The molecule has 3 amide bonds. The van der Waals surface area contributed by atoms with Crippen LogP contribution in [0.3, 0.4) is 0 Å². The first kappa shape index (κ1) is 23.5. The van der Waals surface area contributed by atoms with Crippen molar-refractivity contribution in [2.75, 3.05) is 13.1 Å². The minimum absolute atomic E-state index is 0.0249. The smallest absolute Gasteiger partial charge is 0.251 e. The molecule has 1 aliphatic rings. The van der Waals surface area contributed by atoms with Crippen LogP contribution < -0.4 is 10.6 Å². The number of piperidine rings is 1. The fourth-order valence-electron chi connectivity index (χ4n) is 4.04. The number of amides is 3. The molecule has 2 aromatic carbocycles. The molecule has 2 N–H and O–H groups in total. The minimum atomic E-state index is -0.694. The molecule has 1 aliphatic heterocycles. The van der Waals surface area contributed by atoms with Gasteiger partial charge in [-0.1, -0.05) is 62.4 Å². The maximum atomic E-state index is 13.3. The lowest BCUT2D eigenvalue weighted by atomic mass is 10.00. The normalized spacial score (nSPS) is 15.3. The van der Waals surface area contributed by atoms with Crippen molar-refractivity contribution < 1.29 is 14.4 Å². The van der Waals surface area contributed by atoms with Gasteiger partial charge in [0.25, 0.3) is 5.91 Å². The molecule has 1 heterocycles. The molecule has 0 bridgehead atoms. The second-order valence-electron chi connectivity index (χ2n) is 8.90. The monoisotopic (exact) mass is 435 g/mol. The molecule has 1 unspecified atom stereocenters. The third-order valence-electron chi connectivity index (χ3n) is 5.81. The first-order valence-electron chi connectivity index (χ1n) is 11.3. The van der Waals surface area contributed by atoms with Crippen LogP contribution in [0.2, 0.25) is 0 Å². The molecule has 170 valence electrons. The van der Waals surface area contributed by atoms with Gasteiger partial charge in [-0.15, -0.1) is 0 Å². The van der Waals surface area contributed by atoms with Crippen LogP contribution in [0.15, 0.2) is 54.6 Å².